The number of rotatable bonds is 8. The molecule has 156 valence electrons. The van der Waals surface area contributed by atoms with E-state index < -0.39 is 35.8 Å². The van der Waals surface area contributed by atoms with Crippen LogP contribution in [0.4, 0.5) is 4.79 Å². The number of nitrogens with one attached hydrogen (secondary N) is 2. The minimum Gasteiger partial charge on any atom is -0.445 e. The Morgan fingerprint density at radius 3 is 2.52 bits per heavy atom. The van der Waals surface area contributed by atoms with E-state index in [9.17, 15) is 19.2 Å². The van der Waals surface area contributed by atoms with Crippen LogP contribution < -0.4 is 10.6 Å². The van der Waals surface area contributed by atoms with E-state index in [1.165, 1.54) is 11.9 Å². The van der Waals surface area contributed by atoms with Crippen LogP contribution in [0.15, 0.2) is 30.3 Å². The van der Waals surface area contributed by atoms with Crippen molar-refractivity contribution < 1.29 is 23.9 Å². The van der Waals surface area contributed by atoms with Crippen molar-refractivity contribution in [3.8, 4) is 0 Å². The fraction of sp³-hybridized carbons (Fsp3) is 0.524. The molecule has 2 aliphatic rings. The van der Waals surface area contributed by atoms with Gasteiger partial charge in [0.05, 0.1) is 6.04 Å². The third-order valence-corrected chi connectivity index (χ3v) is 5.34. The molecule has 1 saturated heterocycles. The van der Waals surface area contributed by atoms with Crippen molar-refractivity contribution in [2.75, 3.05) is 13.6 Å². The molecule has 8 nitrogen and oxygen atoms in total. The topological polar surface area (TPSA) is 105 Å². The second kappa shape index (κ2) is 9.54. The summed E-state index contributed by atoms with van der Waals surface area (Å²) in [5, 5.41) is 5.02. The van der Waals surface area contributed by atoms with Gasteiger partial charge >= 0.3 is 6.09 Å². The van der Waals surface area contributed by atoms with Crippen molar-refractivity contribution in [1.82, 2.24) is 15.5 Å². The van der Waals surface area contributed by atoms with Crippen LogP contribution in [-0.2, 0) is 25.7 Å². The number of Topliss-reactive ketones (excluding diaryl/α,β-unsaturated/α-hetero) is 1. The van der Waals surface area contributed by atoms with Crippen LogP contribution in [0.25, 0.3) is 0 Å². The van der Waals surface area contributed by atoms with Gasteiger partial charge in [-0.2, -0.15) is 0 Å². The average Bonchev–Trinajstić information content (AvgIpc) is 3.42. The van der Waals surface area contributed by atoms with Crippen LogP contribution in [-0.4, -0.2) is 54.3 Å². The summed E-state index contributed by atoms with van der Waals surface area (Å²) in [5.74, 6) is -1.43. The summed E-state index contributed by atoms with van der Waals surface area (Å²) in [6, 6.07) is 7.75. The van der Waals surface area contributed by atoms with E-state index in [0.29, 0.717) is 31.7 Å². The molecule has 2 N–H and O–H groups in total. The van der Waals surface area contributed by atoms with E-state index in [0.717, 1.165) is 18.4 Å². The van der Waals surface area contributed by atoms with Gasteiger partial charge in [-0.05, 0) is 30.7 Å². The highest BCUT2D eigenvalue weighted by atomic mass is 16.6. The number of hydrogen-bond acceptors (Lipinski definition) is 5. The van der Waals surface area contributed by atoms with Gasteiger partial charge in [0.15, 0.2) is 0 Å². The molecule has 3 amide bonds. The molecule has 1 aliphatic carbocycles. The first-order valence-electron chi connectivity index (χ1n) is 10.0. The number of hydrogen-bond donors (Lipinski definition) is 2. The maximum atomic E-state index is 12.8. The molecule has 29 heavy (non-hydrogen) atoms. The van der Waals surface area contributed by atoms with E-state index in [4.69, 9.17) is 4.74 Å². The molecule has 0 aromatic heterocycles. The summed E-state index contributed by atoms with van der Waals surface area (Å²) in [6.45, 7) is 0.548. The van der Waals surface area contributed by atoms with Crippen molar-refractivity contribution in [3.63, 3.8) is 0 Å². The fourth-order valence-corrected chi connectivity index (χ4v) is 3.53. The summed E-state index contributed by atoms with van der Waals surface area (Å²) in [7, 11) is 1.39. The van der Waals surface area contributed by atoms with Crippen LogP contribution in [0.2, 0.25) is 0 Å². The summed E-state index contributed by atoms with van der Waals surface area (Å²) >= 11 is 0. The molecule has 0 unspecified atom stereocenters. The summed E-state index contributed by atoms with van der Waals surface area (Å²) < 4.78 is 5.35. The lowest BCUT2D eigenvalue weighted by atomic mass is 10.0. The van der Waals surface area contributed by atoms with Gasteiger partial charge in [0.1, 0.15) is 12.6 Å². The molecule has 2 fully saturated rings. The standard InChI is InChI=1S/C21H27N3O5/c1-22-20(27)18(25)16(12-14-9-10-14)23-19(26)17-8-5-11-24(17)21(28)29-13-15-6-3-2-4-7-15/h2-4,6-7,14,16-17H,5,8-13H2,1H3,(H,22,27)(H,23,26)/t16-,17-/m0/s1. The Hall–Kier alpha value is -2.90. The maximum Gasteiger partial charge on any atom is 0.410 e. The van der Waals surface area contributed by atoms with Gasteiger partial charge < -0.3 is 15.4 Å². The van der Waals surface area contributed by atoms with E-state index in [1.54, 1.807) is 0 Å². The van der Waals surface area contributed by atoms with Crippen LogP contribution in [0.1, 0.15) is 37.7 Å². The zero-order valence-corrected chi connectivity index (χ0v) is 16.6. The second-order valence-corrected chi connectivity index (χ2v) is 7.58. The molecule has 2 atom stereocenters. The number of likely N-dealkylation sites (tertiary alicyclic amines) is 1. The van der Waals surface area contributed by atoms with Crippen molar-refractivity contribution >= 4 is 23.7 Å². The Morgan fingerprint density at radius 1 is 1.14 bits per heavy atom. The lowest BCUT2D eigenvalue weighted by Crippen LogP contribution is -2.53. The molecule has 8 heteroatoms. The van der Waals surface area contributed by atoms with Crippen molar-refractivity contribution in [1.29, 1.82) is 0 Å². The molecule has 0 radical (unpaired) electrons. The lowest BCUT2D eigenvalue weighted by Gasteiger charge is -2.25. The number of nitrogens with zero attached hydrogens (tertiary/aromatic N) is 1. The quantitative estimate of drug-likeness (QED) is 0.641. The zero-order valence-electron chi connectivity index (χ0n) is 16.6. The maximum absolute atomic E-state index is 12.8. The number of carbonyl (C=O) groups excluding carboxylic acids is 4. The first kappa shape index (κ1) is 20.8. The first-order chi connectivity index (χ1) is 14.0. The van der Waals surface area contributed by atoms with Crippen LogP contribution in [0.3, 0.4) is 0 Å². The Kier molecular flexibility index (Phi) is 6.85. The zero-order chi connectivity index (χ0) is 20.8. The number of benzene rings is 1. The van der Waals surface area contributed by atoms with E-state index in [1.807, 2.05) is 30.3 Å². The Balaban J connectivity index is 1.59. The van der Waals surface area contributed by atoms with Crippen LogP contribution >= 0.6 is 0 Å². The molecule has 1 aromatic carbocycles. The van der Waals surface area contributed by atoms with Crippen molar-refractivity contribution in [2.45, 2.75) is 50.8 Å². The molecular formula is C21H27N3O5. The highest BCUT2D eigenvalue weighted by Gasteiger charge is 2.39. The molecule has 1 aliphatic heterocycles. The highest BCUT2D eigenvalue weighted by Crippen LogP contribution is 2.33. The minimum atomic E-state index is -0.863. The normalized spacial score (nSPS) is 19.3. The number of likely N-dealkylation sites (N-methyl/N-ethyl adjacent to an activating group) is 1. The second-order valence-electron chi connectivity index (χ2n) is 7.58. The van der Waals surface area contributed by atoms with Crippen LogP contribution in [0.5, 0.6) is 0 Å². The van der Waals surface area contributed by atoms with Gasteiger partial charge in [0.25, 0.3) is 5.91 Å². The number of amides is 3. The largest absolute Gasteiger partial charge is 0.445 e. The molecule has 1 heterocycles. The number of carbonyl (C=O) groups is 4. The first-order valence-corrected chi connectivity index (χ1v) is 10.0. The fourth-order valence-electron chi connectivity index (χ4n) is 3.53. The molecular weight excluding hydrogens is 374 g/mol. The van der Waals surface area contributed by atoms with Gasteiger partial charge in [0.2, 0.25) is 11.7 Å². The summed E-state index contributed by atoms with van der Waals surface area (Å²) in [6.07, 6.45) is 3.06. The monoisotopic (exact) mass is 401 g/mol. The highest BCUT2D eigenvalue weighted by molar-refractivity contribution is 6.38. The van der Waals surface area contributed by atoms with Gasteiger partial charge in [0, 0.05) is 13.6 Å². The number of ketones is 1. The predicted molar refractivity (Wildman–Crippen MR) is 105 cm³/mol. The molecule has 1 aromatic rings. The van der Waals surface area contributed by atoms with Crippen LogP contribution in [0, 0.1) is 5.92 Å². The molecule has 1 saturated carbocycles. The predicted octanol–water partition coefficient (Wildman–Crippen LogP) is 1.39. The average molecular weight is 401 g/mol. The Bertz CT molecular complexity index is 763. The Labute approximate surface area is 170 Å². The Morgan fingerprint density at radius 2 is 1.86 bits per heavy atom. The molecule has 0 bridgehead atoms. The third-order valence-electron chi connectivity index (χ3n) is 5.34. The van der Waals surface area contributed by atoms with E-state index >= 15 is 0 Å². The molecule has 0 spiro atoms. The summed E-state index contributed by atoms with van der Waals surface area (Å²) in [5.41, 5.74) is 0.863. The van der Waals surface area contributed by atoms with E-state index in [2.05, 4.69) is 10.6 Å². The van der Waals surface area contributed by atoms with Gasteiger partial charge in [-0.15, -0.1) is 0 Å². The van der Waals surface area contributed by atoms with Gasteiger partial charge in [-0.3, -0.25) is 19.3 Å². The summed E-state index contributed by atoms with van der Waals surface area (Å²) in [4.78, 5) is 50.8. The molecule has 3 rings (SSSR count). The minimum absolute atomic E-state index is 0.129. The lowest BCUT2D eigenvalue weighted by molar-refractivity contribution is -0.140. The van der Waals surface area contributed by atoms with Crippen molar-refractivity contribution in [3.05, 3.63) is 35.9 Å². The third kappa shape index (κ3) is 5.56. The van der Waals surface area contributed by atoms with Gasteiger partial charge in [-0.1, -0.05) is 43.2 Å². The SMILES string of the molecule is CNC(=O)C(=O)[C@H](CC1CC1)NC(=O)[C@@H]1CCCN1C(=O)OCc1ccccc1. The smallest absolute Gasteiger partial charge is 0.410 e. The van der Waals surface area contributed by atoms with E-state index in [-0.39, 0.29) is 6.61 Å². The van der Waals surface area contributed by atoms with Gasteiger partial charge in [-0.25, -0.2) is 4.79 Å². The number of ether oxygens (including phenoxy) is 1. The van der Waals surface area contributed by atoms with Crippen molar-refractivity contribution in [2.24, 2.45) is 5.92 Å².